The molecule has 0 saturated carbocycles. The first-order chi connectivity index (χ1) is 6.49. The molecule has 0 radical (unpaired) electrons. The highest BCUT2D eigenvalue weighted by Gasteiger charge is 2.02. The summed E-state index contributed by atoms with van der Waals surface area (Å²) < 4.78 is 5.49. The van der Waals surface area contributed by atoms with Crippen LogP contribution in [0.2, 0.25) is 0 Å². The van der Waals surface area contributed by atoms with Crippen molar-refractivity contribution in [1.29, 1.82) is 0 Å². The largest absolute Gasteiger partial charge is 0.432 e. The Bertz CT molecular complexity index is 327. The summed E-state index contributed by atoms with van der Waals surface area (Å²) in [5.74, 6) is 0.807. The van der Waals surface area contributed by atoms with E-state index in [1.54, 1.807) is 4.90 Å². The van der Waals surface area contributed by atoms with E-state index in [-0.39, 0.29) is 0 Å². The lowest BCUT2D eigenvalue weighted by Crippen LogP contribution is -2.25. The van der Waals surface area contributed by atoms with E-state index in [1.807, 2.05) is 40.1 Å². The molecule has 1 aromatic rings. The van der Waals surface area contributed by atoms with E-state index >= 15 is 0 Å². The van der Waals surface area contributed by atoms with E-state index in [2.05, 4.69) is 6.07 Å². The predicted octanol–water partition coefficient (Wildman–Crippen LogP) is 2.53. The Hall–Kier alpha value is -1.09. The van der Waals surface area contributed by atoms with E-state index in [0.717, 1.165) is 5.75 Å². The summed E-state index contributed by atoms with van der Waals surface area (Å²) in [4.78, 5) is 1.77. The maximum atomic E-state index is 5.49. The zero-order valence-electron chi connectivity index (χ0n) is 9.00. The molecule has 0 heterocycles. The third-order valence-corrected chi connectivity index (χ3v) is 2.21. The van der Waals surface area contributed by atoms with E-state index in [4.69, 9.17) is 17.0 Å². The van der Waals surface area contributed by atoms with Gasteiger partial charge in [0.05, 0.1) is 0 Å². The van der Waals surface area contributed by atoms with Crippen molar-refractivity contribution in [2.24, 2.45) is 0 Å². The lowest BCUT2D eigenvalue weighted by molar-refractivity contribution is 0.449. The molecule has 0 bridgehead atoms. The summed E-state index contributed by atoms with van der Waals surface area (Å²) in [5.41, 5.74) is 2.36. The standard InChI is InChI=1S/C11H15NOS/c1-8-5-9(2)7-10(6-8)13-11(14)12(3)4/h5-7H,1-4H3. The molecule has 3 heteroatoms. The minimum Gasteiger partial charge on any atom is -0.432 e. The first-order valence-electron chi connectivity index (χ1n) is 4.46. The van der Waals surface area contributed by atoms with Crippen molar-refractivity contribution in [1.82, 2.24) is 4.90 Å². The number of thiocarbonyl (C=S) groups is 1. The van der Waals surface area contributed by atoms with Crippen molar-refractivity contribution in [3.8, 4) is 5.75 Å². The predicted molar refractivity (Wildman–Crippen MR) is 62.8 cm³/mol. The van der Waals surface area contributed by atoms with Crippen LogP contribution < -0.4 is 4.74 Å². The number of hydrogen-bond donors (Lipinski definition) is 0. The molecule has 0 saturated heterocycles. The molecule has 1 aromatic carbocycles. The third kappa shape index (κ3) is 3.00. The van der Waals surface area contributed by atoms with Gasteiger partial charge in [0.15, 0.2) is 0 Å². The molecular weight excluding hydrogens is 194 g/mol. The van der Waals surface area contributed by atoms with Gasteiger partial charge in [-0.1, -0.05) is 6.07 Å². The minimum absolute atomic E-state index is 0.481. The highest BCUT2D eigenvalue weighted by Crippen LogP contribution is 2.16. The highest BCUT2D eigenvalue weighted by atomic mass is 32.1. The lowest BCUT2D eigenvalue weighted by atomic mass is 10.1. The summed E-state index contributed by atoms with van der Waals surface area (Å²) in [6.07, 6.45) is 0. The fourth-order valence-electron chi connectivity index (χ4n) is 1.18. The van der Waals surface area contributed by atoms with Crippen molar-refractivity contribution < 1.29 is 4.74 Å². The maximum absolute atomic E-state index is 5.49. The van der Waals surface area contributed by atoms with Crippen LogP contribution in [0.3, 0.4) is 0 Å². The van der Waals surface area contributed by atoms with Crippen LogP contribution in [0.15, 0.2) is 18.2 Å². The van der Waals surface area contributed by atoms with Gasteiger partial charge in [-0.2, -0.15) is 0 Å². The number of ether oxygens (including phenoxy) is 1. The molecule has 0 atom stereocenters. The molecule has 0 aliphatic carbocycles. The Morgan fingerprint density at radius 1 is 1.14 bits per heavy atom. The molecule has 0 aliphatic rings. The van der Waals surface area contributed by atoms with Crippen LogP contribution in [0.25, 0.3) is 0 Å². The van der Waals surface area contributed by atoms with E-state index in [0.29, 0.717) is 5.17 Å². The zero-order valence-corrected chi connectivity index (χ0v) is 9.81. The average Bonchev–Trinajstić information content (AvgIpc) is 2.01. The minimum atomic E-state index is 0.481. The van der Waals surface area contributed by atoms with Crippen LogP contribution in [0, 0.1) is 13.8 Å². The van der Waals surface area contributed by atoms with E-state index in [9.17, 15) is 0 Å². The molecule has 1 rings (SSSR count). The van der Waals surface area contributed by atoms with Gasteiger partial charge in [0.2, 0.25) is 0 Å². The Kier molecular flexibility index (Phi) is 3.47. The number of nitrogens with zero attached hydrogens (tertiary/aromatic N) is 1. The van der Waals surface area contributed by atoms with Crippen LogP contribution in [-0.2, 0) is 0 Å². The summed E-state index contributed by atoms with van der Waals surface area (Å²) in [6.45, 7) is 4.08. The van der Waals surface area contributed by atoms with Gasteiger partial charge in [0.1, 0.15) is 5.75 Å². The quantitative estimate of drug-likeness (QED) is 0.659. The van der Waals surface area contributed by atoms with Gasteiger partial charge in [0, 0.05) is 14.1 Å². The molecular formula is C11H15NOS. The van der Waals surface area contributed by atoms with E-state index in [1.165, 1.54) is 11.1 Å². The van der Waals surface area contributed by atoms with Crippen molar-refractivity contribution >= 4 is 17.4 Å². The van der Waals surface area contributed by atoms with Gasteiger partial charge >= 0.3 is 0 Å². The zero-order chi connectivity index (χ0) is 10.7. The van der Waals surface area contributed by atoms with Crippen molar-refractivity contribution in [2.75, 3.05) is 14.1 Å². The summed E-state index contributed by atoms with van der Waals surface area (Å²) in [5, 5.41) is 0.481. The van der Waals surface area contributed by atoms with Gasteiger partial charge in [-0.3, -0.25) is 0 Å². The van der Waals surface area contributed by atoms with Crippen LogP contribution in [0.1, 0.15) is 11.1 Å². The van der Waals surface area contributed by atoms with Crippen LogP contribution >= 0.6 is 12.2 Å². The van der Waals surface area contributed by atoms with Crippen LogP contribution in [0.4, 0.5) is 0 Å². The summed E-state index contributed by atoms with van der Waals surface area (Å²) in [6, 6.07) is 6.05. The van der Waals surface area contributed by atoms with E-state index < -0.39 is 0 Å². The molecule has 0 amide bonds. The van der Waals surface area contributed by atoms with Gasteiger partial charge in [0.25, 0.3) is 5.17 Å². The molecule has 0 unspecified atom stereocenters. The van der Waals surface area contributed by atoms with Crippen molar-refractivity contribution in [2.45, 2.75) is 13.8 Å². The normalized spacial score (nSPS) is 9.71. The van der Waals surface area contributed by atoms with Crippen LogP contribution in [0.5, 0.6) is 5.75 Å². The Balaban J connectivity index is 2.82. The number of benzene rings is 1. The van der Waals surface area contributed by atoms with Gasteiger partial charge < -0.3 is 9.64 Å². The second-order valence-electron chi connectivity index (χ2n) is 3.59. The lowest BCUT2D eigenvalue weighted by Gasteiger charge is -2.14. The Morgan fingerprint density at radius 3 is 2.07 bits per heavy atom. The first kappa shape index (κ1) is 11.0. The fourth-order valence-corrected chi connectivity index (χ4v) is 1.28. The Labute approximate surface area is 90.5 Å². The summed E-state index contributed by atoms with van der Waals surface area (Å²) in [7, 11) is 3.73. The topological polar surface area (TPSA) is 12.5 Å². The number of aryl methyl sites for hydroxylation is 2. The molecule has 0 aliphatic heterocycles. The third-order valence-electron chi connectivity index (χ3n) is 1.77. The first-order valence-corrected chi connectivity index (χ1v) is 4.87. The number of rotatable bonds is 1. The summed E-state index contributed by atoms with van der Waals surface area (Å²) >= 11 is 5.05. The molecule has 2 nitrogen and oxygen atoms in total. The maximum Gasteiger partial charge on any atom is 0.264 e. The second kappa shape index (κ2) is 4.42. The van der Waals surface area contributed by atoms with Crippen molar-refractivity contribution in [3.05, 3.63) is 29.3 Å². The monoisotopic (exact) mass is 209 g/mol. The molecule has 0 aromatic heterocycles. The molecule has 0 fully saturated rings. The smallest absolute Gasteiger partial charge is 0.264 e. The fraction of sp³-hybridized carbons (Fsp3) is 0.364. The molecule has 14 heavy (non-hydrogen) atoms. The SMILES string of the molecule is Cc1cc(C)cc(OC(=S)N(C)C)c1. The molecule has 0 N–H and O–H groups in total. The highest BCUT2D eigenvalue weighted by molar-refractivity contribution is 7.80. The van der Waals surface area contributed by atoms with Gasteiger partial charge in [-0.25, -0.2) is 0 Å². The molecule has 0 spiro atoms. The van der Waals surface area contributed by atoms with Gasteiger partial charge in [-0.05, 0) is 49.3 Å². The average molecular weight is 209 g/mol. The van der Waals surface area contributed by atoms with Gasteiger partial charge in [-0.15, -0.1) is 0 Å². The Morgan fingerprint density at radius 2 is 1.64 bits per heavy atom. The van der Waals surface area contributed by atoms with Crippen LogP contribution in [-0.4, -0.2) is 24.2 Å². The van der Waals surface area contributed by atoms with Crippen molar-refractivity contribution in [3.63, 3.8) is 0 Å². The molecule has 76 valence electrons. The number of hydrogen-bond acceptors (Lipinski definition) is 2. The second-order valence-corrected chi connectivity index (χ2v) is 3.94.